The summed E-state index contributed by atoms with van der Waals surface area (Å²) in [6.45, 7) is 3.12. The number of aromatic nitrogens is 2. The Balaban J connectivity index is 2.26. The van der Waals surface area contributed by atoms with Crippen LogP contribution in [0.25, 0.3) is 0 Å². The number of rotatable bonds is 7. The van der Waals surface area contributed by atoms with Crippen molar-refractivity contribution in [2.45, 2.75) is 25.8 Å². The normalized spacial score (nSPS) is 12.4. The quantitative estimate of drug-likeness (QED) is 0.852. The fourth-order valence-corrected chi connectivity index (χ4v) is 2.62. The van der Waals surface area contributed by atoms with Crippen LogP contribution in [0.5, 0.6) is 5.75 Å². The summed E-state index contributed by atoms with van der Waals surface area (Å²) in [7, 11) is 3.70. The summed E-state index contributed by atoms with van der Waals surface area (Å²) in [5.41, 5.74) is 2.25. The van der Waals surface area contributed by atoms with Gasteiger partial charge in [0.2, 0.25) is 0 Å². The highest BCUT2D eigenvalue weighted by Crippen LogP contribution is 2.27. The summed E-state index contributed by atoms with van der Waals surface area (Å²) in [6, 6.07) is 5.92. The topological polar surface area (TPSA) is 39.1 Å². The van der Waals surface area contributed by atoms with Gasteiger partial charge in [-0.1, -0.05) is 18.5 Å². The minimum Gasteiger partial charge on any atom is -0.496 e. The highest BCUT2D eigenvalue weighted by atomic mass is 35.5. The summed E-state index contributed by atoms with van der Waals surface area (Å²) in [6.07, 6.45) is 5.62. The van der Waals surface area contributed by atoms with Crippen LogP contribution >= 0.6 is 11.6 Å². The summed E-state index contributed by atoms with van der Waals surface area (Å²) in [5, 5.41) is 4.30. The molecule has 21 heavy (non-hydrogen) atoms. The standard InChI is InChI=1S/C16H22ClN3O/c1-4-7-19-14(15-10-18-11-20(15)2)9-12-8-13(17)5-6-16(12)21-3/h5-6,8,10-11,14,19H,4,7,9H2,1-3H3. The maximum Gasteiger partial charge on any atom is 0.122 e. The molecule has 2 aromatic rings. The first kappa shape index (κ1) is 15.9. The van der Waals surface area contributed by atoms with Crippen molar-refractivity contribution in [3.8, 4) is 5.75 Å². The number of nitrogens with one attached hydrogen (secondary N) is 1. The summed E-state index contributed by atoms with van der Waals surface area (Å²) in [5.74, 6) is 0.866. The van der Waals surface area contributed by atoms with Gasteiger partial charge < -0.3 is 14.6 Å². The van der Waals surface area contributed by atoms with Crippen LogP contribution in [0.2, 0.25) is 5.02 Å². The van der Waals surface area contributed by atoms with Crippen LogP contribution in [0.1, 0.15) is 30.6 Å². The van der Waals surface area contributed by atoms with E-state index in [1.165, 1.54) is 0 Å². The van der Waals surface area contributed by atoms with Crippen molar-refractivity contribution in [3.63, 3.8) is 0 Å². The monoisotopic (exact) mass is 307 g/mol. The van der Waals surface area contributed by atoms with Gasteiger partial charge in [-0.05, 0) is 43.1 Å². The van der Waals surface area contributed by atoms with E-state index in [2.05, 4.69) is 17.2 Å². The van der Waals surface area contributed by atoms with E-state index in [1.807, 2.05) is 42.3 Å². The third-order valence-corrected chi connectivity index (χ3v) is 3.75. The molecule has 2 rings (SSSR count). The number of hydrogen-bond donors (Lipinski definition) is 1. The van der Waals surface area contributed by atoms with E-state index < -0.39 is 0 Å². The van der Waals surface area contributed by atoms with Gasteiger partial charge in [0.1, 0.15) is 5.75 Å². The number of halogens is 1. The van der Waals surface area contributed by atoms with E-state index in [4.69, 9.17) is 16.3 Å². The summed E-state index contributed by atoms with van der Waals surface area (Å²) in [4.78, 5) is 4.22. The largest absolute Gasteiger partial charge is 0.496 e. The SMILES string of the molecule is CCCNC(Cc1cc(Cl)ccc1OC)c1cncn1C. The first-order chi connectivity index (χ1) is 10.2. The molecule has 0 bridgehead atoms. The first-order valence-corrected chi connectivity index (χ1v) is 7.55. The fourth-order valence-electron chi connectivity index (χ4n) is 2.43. The number of benzene rings is 1. The lowest BCUT2D eigenvalue weighted by Crippen LogP contribution is -2.26. The molecule has 1 atom stereocenters. The fraction of sp³-hybridized carbons (Fsp3) is 0.438. The maximum absolute atomic E-state index is 6.12. The van der Waals surface area contributed by atoms with Crippen molar-refractivity contribution < 1.29 is 4.74 Å². The van der Waals surface area contributed by atoms with Crippen LogP contribution in [0.3, 0.4) is 0 Å². The molecule has 1 heterocycles. The Hall–Kier alpha value is -1.52. The van der Waals surface area contributed by atoms with Crippen LogP contribution in [0.4, 0.5) is 0 Å². The first-order valence-electron chi connectivity index (χ1n) is 7.17. The van der Waals surface area contributed by atoms with Crippen molar-refractivity contribution in [3.05, 3.63) is 47.0 Å². The van der Waals surface area contributed by atoms with Gasteiger partial charge in [-0.2, -0.15) is 0 Å². The van der Waals surface area contributed by atoms with E-state index in [-0.39, 0.29) is 6.04 Å². The molecule has 5 heteroatoms. The van der Waals surface area contributed by atoms with Gasteiger partial charge >= 0.3 is 0 Å². The molecule has 1 aromatic heterocycles. The Morgan fingerprint density at radius 3 is 2.86 bits per heavy atom. The van der Waals surface area contributed by atoms with E-state index in [0.717, 1.165) is 41.4 Å². The third kappa shape index (κ3) is 3.99. The number of imidazole rings is 1. The van der Waals surface area contributed by atoms with Gasteiger partial charge in [-0.25, -0.2) is 4.98 Å². The second kappa shape index (κ2) is 7.48. The zero-order valence-electron chi connectivity index (χ0n) is 12.8. The van der Waals surface area contributed by atoms with Crippen LogP contribution in [0, 0.1) is 0 Å². The van der Waals surface area contributed by atoms with Crippen LogP contribution in [-0.2, 0) is 13.5 Å². The maximum atomic E-state index is 6.12. The summed E-state index contributed by atoms with van der Waals surface area (Å²) >= 11 is 6.12. The van der Waals surface area contributed by atoms with Gasteiger partial charge in [0.05, 0.1) is 25.2 Å². The molecule has 0 spiro atoms. The van der Waals surface area contributed by atoms with E-state index in [9.17, 15) is 0 Å². The average Bonchev–Trinajstić information content (AvgIpc) is 2.90. The second-order valence-corrected chi connectivity index (χ2v) is 5.53. The van der Waals surface area contributed by atoms with Crippen molar-refractivity contribution in [2.24, 2.45) is 7.05 Å². The lowest BCUT2D eigenvalue weighted by atomic mass is 10.0. The van der Waals surface area contributed by atoms with E-state index in [0.29, 0.717) is 0 Å². The Labute approximate surface area is 131 Å². The molecule has 114 valence electrons. The van der Waals surface area contributed by atoms with Crippen molar-refractivity contribution in [2.75, 3.05) is 13.7 Å². The molecule has 0 fully saturated rings. The Bertz CT molecular complexity index is 583. The molecule has 4 nitrogen and oxygen atoms in total. The van der Waals surface area contributed by atoms with Gasteiger partial charge in [0, 0.05) is 18.3 Å². The highest BCUT2D eigenvalue weighted by Gasteiger charge is 2.17. The summed E-state index contributed by atoms with van der Waals surface area (Å²) < 4.78 is 7.49. The third-order valence-electron chi connectivity index (χ3n) is 3.52. The molecular formula is C16H22ClN3O. The number of methoxy groups -OCH3 is 1. The molecular weight excluding hydrogens is 286 g/mol. The highest BCUT2D eigenvalue weighted by molar-refractivity contribution is 6.30. The lowest BCUT2D eigenvalue weighted by molar-refractivity contribution is 0.404. The minimum absolute atomic E-state index is 0.185. The predicted octanol–water partition coefficient (Wildman–Crippen LogP) is 3.37. The molecule has 1 aromatic carbocycles. The van der Waals surface area contributed by atoms with Gasteiger partial charge in [0.25, 0.3) is 0 Å². The van der Waals surface area contributed by atoms with Crippen LogP contribution < -0.4 is 10.1 Å². The van der Waals surface area contributed by atoms with Gasteiger partial charge in [0.15, 0.2) is 0 Å². The molecule has 0 aliphatic carbocycles. The molecule has 1 N–H and O–H groups in total. The van der Waals surface area contributed by atoms with Crippen molar-refractivity contribution in [1.29, 1.82) is 0 Å². The minimum atomic E-state index is 0.185. The zero-order chi connectivity index (χ0) is 15.2. The van der Waals surface area contributed by atoms with Crippen molar-refractivity contribution >= 4 is 11.6 Å². The van der Waals surface area contributed by atoms with Crippen LogP contribution in [-0.4, -0.2) is 23.2 Å². The van der Waals surface area contributed by atoms with Gasteiger partial charge in [-0.15, -0.1) is 0 Å². The molecule has 0 amide bonds. The molecule has 0 aliphatic rings. The molecule has 1 unspecified atom stereocenters. The number of aryl methyl sites for hydroxylation is 1. The molecule has 0 aliphatic heterocycles. The Morgan fingerprint density at radius 2 is 2.24 bits per heavy atom. The van der Waals surface area contributed by atoms with E-state index in [1.54, 1.807) is 7.11 Å². The molecule has 0 saturated carbocycles. The predicted molar refractivity (Wildman–Crippen MR) is 86.0 cm³/mol. The number of hydrogen-bond acceptors (Lipinski definition) is 3. The number of nitrogens with zero attached hydrogens (tertiary/aromatic N) is 2. The van der Waals surface area contributed by atoms with Crippen molar-refractivity contribution in [1.82, 2.24) is 14.9 Å². The smallest absolute Gasteiger partial charge is 0.122 e. The van der Waals surface area contributed by atoms with Gasteiger partial charge in [-0.3, -0.25) is 0 Å². The lowest BCUT2D eigenvalue weighted by Gasteiger charge is -2.20. The number of ether oxygens (including phenoxy) is 1. The van der Waals surface area contributed by atoms with E-state index >= 15 is 0 Å². The Kier molecular flexibility index (Phi) is 5.65. The molecule has 0 saturated heterocycles. The Morgan fingerprint density at radius 1 is 1.43 bits per heavy atom. The van der Waals surface area contributed by atoms with Crippen LogP contribution in [0.15, 0.2) is 30.7 Å². The molecule has 0 radical (unpaired) electrons. The average molecular weight is 308 g/mol. The second-order valence-electron chi connectivity index (χ2n) is 5.10. The zero-order valence-corrected chi connectivity index (χ0v) is 13.5.